The van der Waals surface area contributed by atoms with Gasteiger partial charge in [-0.25, -0.2) is 9.59 Å². The number of benzene rings is 1. The van der Waals surface area contributed by atoms with E-state index in [2.05, 4.69) is 20.8 Å². The number of rotatable bonds is 5. The second-order valence-electron chi connectivity index (χ2n) is 6.07. The van der Waals surface area contributed by atoms with Gasteiger partial charge in [-0.2, -0.15) is 0 Å². The lowest BCUT2D eigenvalue weighted by Gasteiger charge is -2.32. The van der Waals surface area contributed by atoms with E-state index in [0.29, 0.717) is 24.8 Å². The SMILES string of the molecule is O=C(NC[C@H]1CCCN(C(=O)OCc2ccccc2)C1)Nc1nncs1. The number of likely N-dealkylation sites (tertiary alicyclic amines) is 1. The summed E-state index contributed by atoms with van der Waals surface area (Å²) in [5, 5.41) is 13.3. The summed E-state index contributed by atoms with van der Waals surface area (Å²) in [6, 6.07) is 9.29. The van der Waals surface area contributed by atoms with Gasteiger partial charge in [-0.15, -0.1) is 10.2 Å². The molecule has 0 unspecified atom stereocenters. The molecule has 3 amide bonds. The Morgan fingerprint density at radius 3 is 2.92 bits per heavy atom. The topological polar surface area (TPSA) is 96.5 Å². The van der Waals surface area contributed by atoms with Crippen LogP contribution in [0.1, 0.15) is 18.4 Å². The fourth-order valence-electron chi connectivity index (χ4n) is 2.81. The van der Waals surface area contributed by atoms with Crippen LogP contribution in [0, 0.1) is 5.92 Å². The van der Waals surface area contributed by atoms with Gasteiger partial charge >= 0.3 is 12.1 Å². The molecule has 1 aliphatic rings. The quantitative estimate of drug-likeness (QED) is 0.838. The van der Waals surface area contributed by atoms with Crippen LogP contribution >= 0.6 is 11.3 Å². The average Bonchev–Trinajstić information content (AvgIpc) is 3.18. The van der Waals surface area contributed by atoms with Gasteiger partial charge in [0, 0.05) is 19.6 Å². The van der Waals surface area contributed by atoms with Crippen LogP contribution in [0.5, 0.6) is 0 Å². The molecule has 3 rings (SSSR count). The fourth-order valence-corrected chi connectivity index (χ4v) is 3.25. The molecule has 0 saturated carbocycles. The minimum atomic E-state index is -0.314. The number of nitrogens with zero attached hydrogens (tertiary/aromatic N) is 3. The van der Waals surface area contributed by atoms with Crippen molar-refractivity contribution in [2.45, 2.75) is 19.4 Å². The number of anilines is 1. The maximum atomic E-state index is 12.3. The first kappa shape index (κ1) is 18.1. The number of piperidine rings is 1. The molecule has 1 fully saturated rings. The molecule has 9 heteroatoms. The molecule has 1 atom stereocenters. The highest BCUT2D eigenvalue weighted by Crippen LogP contribution is 2.17. The van der Waals surface area contributed by atoms with Gasteiger partial charge in [-0.3, -0.25) is 5.32 Å². The standard InChI is InChI=1S/C17H21N5O3S/c23-15(20-16-21-19-12-26-16)18-9-14-7-4-8-22(10-14)17(24)25-11-13-5-2-1-3-6-13/h1-3,5-6,12,14H,4,7-11H2,(H2,18,20,21,23)/t14-/m1/s1. The number of hydrogen-bond acceptors (Lipinski definition) is 6. The van der Waals surface area contributed by atoms with E-state index in [1.807, 2.05) is 30.3 Å². The molecule has 1 aromatic carbocycles. The summed E-state index contributed by atoms with van der Waals surface area (Å²) in [6.45, 7) is 2.02. The Hall–Kier alpha value is -2.68. The van der Waals surface area contributed by atoms with Crippen LogP contribution in [-0.4, -0.2) is 46.9 Å². The Labute approximate surface area is 155 Å². The van der Waals surface area contributed by atoms with Crippen molar-refractivity contribution in [1.82, 2.24) is 20.4 Å². The number of urea groups is 1. The Morgan fingerprint density at radius 2 is 2.15 bits per heavy atom. The molecule has 2 aromatic rings. The zero-order valence-electron chi connectivity index (χ0n) is 14.3. The van der Waals surface area contributed by atoms with Crippen molar-refractivity contribution in [1.29, 1.82) is 0 Å². The van der Waals surface area contributed by atoms with Gasteiger partial charge in [0.25, 0.3) is 0 Å². The lowest BCUT2D eigenvalue weighted by atomic mass is 9.98. The maximum absolute atomic E-state index is 12.3. The zero-order valence-corrected chi connectivity index (χ0v) is 15.1. The molecule has 1 aromatic heterocycles. The van der Waals surface area contributed by atoms with Crippen molar-refractivity contribution in [2.24, 2.45) is 5.92 Å². The molecule has 2 heterocycles. The van der Waals surface area contributed by atoms with E-state index in [-0.39, 0.29) is 24.6 Å². The van der Waals surface area contributed by atoms with Gasteiger partial charge in [0.2, 0.25) is 5.13 Å². The summed E-state index contributed by atoms with van der Waals surface area (Å²) in [7, 11) is 0. The second kappa shape index (κ2) is 9.14. The van der Waals surface area contributed by atoms with Crippen LogP contribution in [-0.2, 0) is 11.3 Å². The van der Waals surface area contributed by atoms with Gasteiger partial charge in [0.05, 0.1) is 0 Å². The van der Waals surface area contributed by atoms with Gasteiger partial charge in [0.1, 0.15) is 12.1 Å². The molecule has 0 aliphatic carbocycles. The lowest BCUT2D eigenvalue weighted by molar-refractivity contribution is 0.0793. The van der Waals surface area contributed by atoms with E-state index in [0.717, 1.165) is 18.4 Å². The fraction of sp³-hybridized carbons (Fsp3) is 0.412. The highest BCUT2D eigenvalue weighted by molar-refractivity contribution is 7.13. The molecule has 0 spiro atoms. The molecule has 26 heavy (non-hydrogen) atoms. The van der Waals surface area contributed by atoms with Gasteiger partial charge in [-0.1, -0.05) is 41.7 Å². The number of ether oxygens (including phenoxy) is 1. The normalized spacial score (nSPS) is 16.8. The summed E-state index contributed by atoms with van der Waals surface area (Å²) in [5.41, 5.74) is 2.51. The highest BCUT2D eigenvalue weighted by Gasteiger charge is 2.25. The van der Waals surface area contributed by atoms with E-state index in [1.165, 1.54) is 11.3 Å². The molecule has 1 saturated heterocycles. The minimum absolute atomic E-state index is 0.202. The molecule has 138 valence electrons. The second-order valence-corrected chi connectivity index (χ2v) is 6.91. The van der Waals surface area contributed by atoms with Gasteiger partial charge < -0.3 is 15.0 Å². The Kier molecular flexibility index (Phi) is 6.37. The van der Waals surface area contributed by atoms with E-state index in [4.69, 9.17) is 4.74 Å². The largest absolute Gasteiger partial charge is 0.445 e. The van der Waals surface area contributed by atoms with Gasteiger partial charge in [0.15, 0.2) is 0 Å². The average molecular weight is 375 g/mol. The molecular formula is C17H21N5O3S. The van der Waals surface area contributed by atoms with E-state index in [9.17, 15) is 9.59 Å². The smallest absolute Gasteiger partial charge is 0.410 e. The predicted octanol–water partition coefficient (Wildman–Crippen LogP) is 2.71. The Balaban J connectivity index is 1.40. The van der Waals surface area contributed by atoms with Crippen molar-refractivity contribution >= 4 is 28.6 Å². The van der Waals surface area contributed by atoms with Crippen molar-refractivity contribution in [3.8, 4) is 0 Å². The van der Waals surface area contributed by atoms with Crippen LogP contribution in [0.2, 0.25) is 0 Å². The number of carbonyl (C=O) groups is 2. The van der Waals surface area contributed by atoms with Crippen molar-refractivity contribution in [3.63, 3.8) is 0 Å². The summed E-state index contributed by atoms with van der Waals surface area (Å²) in [5.74, 6) is 0.202. The molecule has 8 nitrogen and oxygen atoms in total. The van der Waals surface area contributed by atoms with Crippen LogP contribution in [0.15, 0.2) is 35.8 Å². The highest BCUT2D eigenvalue weighted by atomic mass is 32.1. The molecule has 0 radical (unpaired) electrons. The first-order chi connectivity index (χ1) is 12.7. The molecule has 2 N–H and O–H groups in total. The zero-order chi connectivity index (χ0) is 18.2. The molecule has 1 aliphatic heterocycles. The predicted molar refractivity (Wildman–Crippen MR) is 97.9 cm³/mol. The molecule has 0 bridgehead atoms. The number of nitrogens with one attached hydrogen (secondary N) is 2. The minimum Gasteiger partial charge on any atom is -0.445 e. The summed E-state index contributed by atoms with van der Waals surface area (Å²) in [4.78, 5) is 25.8. The third kappa shape index (κ3) is 5.41. The first-order valence-electron chi connectivity index (χ1n) is 8.47. The maximum Gasteiger partial charge on any atom is 0.410 e. The van der Waals surface area contributed by atoms with Crippen molar-refractivity contribution in [3.05, 3.63) is 41.4 Å². The number of amides is 3. The van der Waals surface area contributed by atoms with Crippen LogP contribution in [0.4, 0.5) is 14.7 Å². The number of carbonyl (C=O) groups excluding carboxylic acids is 2. The Morgan fingerprint density at radius 1 is 1.31 bits per heavy atom. The summed E-state index contributed by atoms with van der Waals surface area (Å²) >= 11 is 1.26. The Bertz CT molecular complexity index is 710. The van der Waals surface area contributed by atoms with Crippen molar-refractivity contribution < 1.29 is 14.3 Å². The third-order valence-corrected chi connectivity index (χ3v) is 4.72. The summed E-state index contributed by atoms with van der Waals surface area (Å²) in [6.07, 6.45) is 1.55. The number of hydrogen-bond donors (Lipinski definition) is 2. The molecular weight excluding hydrogens is 354 g/mol. The van der Waals surface area contributed by atoms with Gasteiger partial charge in [-0.05, 0) is 24.3 Å². The van der Waals surface area contributed by atoms with Crippen molar-refractivity contribution in [2.75, 3.05) is 25.0 Å². The monoisotopic (exact) mass is 375 g/mol. The van der Waals surface area contributed by atoms with E-state index >= 15 is 0 Å². The third-order valence-electron chi connectivity index (χ3n) is 4.11. The number of aromatic nitrogens is 2. The van der Waals surface area contributed by atoms with Crippen LogP contribution in [0.25, 0.3) is 0 Å². The van der Waals surface area contributed by atoms with Crippen LogP contribution in [0.3, 0.4) is 0 Å². The van der Waals surface area contributed by atoms with E-state index in [1.54, 1.807) is 10.4 Å². The van der Waals surface area contributed by atoms with Crippen LogP contribution < -0.4 is 10.6 Å². The first-order valence-corrected chi connectivity index (χ1v) is 9.35. The van der Waals surface area contributed by atoms with E-state index < -0.39 is 0 Å². The summed E-state index contributed by atoms with van der Waals surface area (Å²) < 4.78 is 5.39. The lowest BCUT2D eigenvalue weighted by Crippen LogP contribution is -2.44.